The number of ether oxygens (including phenoxy) is 1. The highest BCUT2D eigenvalue weighted by atomic mass is 16.5. The van der Waals surface area contributed by atoms with Crippen molar-refractivity contribution in [3.05, 3.63) is 41.5 Å². The number of esters is 1. The van der Waals surface area contributed by atoms with Crippen LogP contribution >= 0.6 is 0 Å². The fourth-order valence-corrected chi connectivity index (χ4v) is 9.06. The van der Waals surface area contributed by atoms with E-state index >= 15 is 0 Å². The smallest absolute Gasteiger partial charge is 0.308 e. The number of hydrogen-bond donors (Lipinski definition) is 2. The van der Waals surface area contributed by atoms with Gasteiger partial charge in [-0.2, -0.15) is 0 Å². The molecule has 5 rings (SSSR count). The number of hydrogen-bond acceptors (Lipinski definition) is 4. The van der Waals surface area contributed by atoms with Crippen LogP contribution in [0.25, 0.3) is 0 Å². The van der Waals surface area contributed by atoms with Gasteiger partial charge in [0, 0.05) is 6.92 Å². The zero-order chi connectivity index (χ0) is 25.7. The lowest BCUT2D eigenvalue weighted by Gasteiger charge is -2.61. The Balaban J connectivity index is 1.32. The summed E-state index contributed by atoms with van der Waals surface area (Å²) in [5.41, 5.74) is 2.43. The van der Waals surface area contributed by atoms with Crippen molar-refractivity contribution in [2.75, 3.05) is 0 Å². The molecule has 3 saturated carbocycles. The van der Waals surface area contributed by atoms with Crippen molar-refractivity contribution in [1.29, 1.82) is 0 Å². The molecule has 1 aromatic rings. The molecule has 36 heavy (non-hydrogen) atoms. The fourth-order valence-electron chi connectivity index (χ4n) is 9.06. The molecule has 3 unspecified atom stereocenters. The second-order valence-electron chi connectivity index (χ2n) is 13.2. The number of carbonyl (C=O) groups excluding carboxylic acids is 1. The third-order valence-corrected chi connectivity index (χ3v) is 11.3. The minimum absolute atomic E-state index is 0.0231. The van der Waals surface area contributed by atoms with E-state index in [1.807, 2.05) is 18.2 Å². The minimum atomic E-state index is -0.556. The zero-order valence-corrected chi connectivity index (χ0v) is 22.8. The molecule has 4 heteroatoms. The SMILES string of the molecule is CC(=O)Oc1cccc(CCCCC2CC3=CC(O)CC[C@]3(C)[C@@H]3CC[C@@]4(C)[C@@H](CCC4(C)O)[C@H]23)c1. The summed E-state index contributed by atoms with van der Waals surface area (Å²) in [4.78, 5) is 11.3. The van der Waals surface area contributed by atoms with Crippen molar-refractivity contribution >= 4 is 5.97 Å². The van der Waals surface area contributed by atoms with Crippen molar-refractivity contribution in [2.24, 2.45) is 34.5 Å². The Hall–Kier alpha value is -1.65. The van der Waals surface area contributed by atoms with Gasteiger partial charge in [0.2, 0.25) is 0 Å². The lowest BCUT2D eigenvalue weighted by Crippen LogP contribution is -2.56. The highest BCUT2D eigenvalue weighted by Crippen LogP contribution is 2.69. The van der Waals surface area contributed by atoms with Crippen LogP contribution in [0.5, 0.6) is 5.75 Å². The van der Waals surface area contributed by atoms with Gasteiger partial charge >= 0.3 is 5.97 Å². The Morgan fingerprint density at radius 3 is 2.61 bits per heavy atom. The van der Waals surface area contributed by atoms with Crippen molar-refractivity contribution in [1.82, 2.24) is 0 Å². The summed E-state index contributed by atoms with van der Waals surface area (Å²) in [6.07, 6.45) is 14.0. The van der Waals surface area contributed by atoms with Crippen LogP contribution < -0.4 is 4.74 Å². The van der Waals surface area contributed by atoms with Gasteiger partial charge in [-0.15, -0.1) is 0 Å². The Labute approximate surface area is 217 Å². The van der Waals surface area contributed by atoms with Crippen LogP contribution in [0.4, 0.5) is 0 Å². The quantitative estimate of drug-likeness (QED) is 0.202. The summed E-state index contributed by atoms with van der Waals surface area (Å²) in [6, 6.07) is 7.92. The van der Waals surface area contributed by atoms with Gasteiger partial charge in [-0.3, -0.25) is 4.79 Å². The highest BCUT2D eigenvalue weighted by Gasteiger charge is 2.64. The van der Waals surface area contributed by atoms with Crippen LogP contribution in [0.3, 0.4) is 0 Å². The van der Waals surface area contributed by atoms with Crippen LogP contribution in [0.15, 0.2) is 35.9 Å². The molecule has 4 aliphatic rings. The Morgan fingerprint density at radius 2 is 1.83 bits per heavy atom. The van der Waals surface area contributed by atoms with E-state index in [4.69, 9.17) is 4.74 Å². The van der Waals surface area contributed by atoms with E-state index in [9.17, 15) is 15.0 Å². The molecule has 4 aliphatic carbocycles. The number of rotatable bonds is 6. The molecule has 3 fully saturated rings. The Morgan fingerprint density at radius 1 is 1.06 bits per heavy atom. The summed E-state index contributed by atoms with van der Waals surface area (Å²) in [7, 11) is 0. The lowest BCUT2D eigenvalue weighted by molar-refractivity contribution is -0.133. The van der Waals surface area contributed by atoms with Crippen molar-refractivity contribution in [3.63, 3.8) is 0 Å². The first-order valence-electron chi connectivity index (χ1n) is 14.4. The number of aryl methyl sites for hydroxylation is 1. The number of allylic oxidation sites excluding steroid dienone is 1. The maximum Gasteiger partial charge on any atom is 0.308 e. The topological polar surface area (TPSA) is 66.8 Å². The molecule has 0 heterocycles. The summed E-state index contributed by atoms with van der Waals surface area (Å²) in [5, 5.41) is 21.9. The first kappa shape index (κ1) is 26.0. The second-order valence-corrected chi connectivity index (χ2v) is 13.2. The van der Waals surface area contributed by atoms with Crippen LogP contribution in [-0.2, 0) is 11.2 Å². The normalized spacial score (nSPS) is 41.6. The third-order valence-electron chi connectivity index (χ3n) is 11.3. The van der Waals surface area contributed by atoms with Crippen LogP contribution in [-0.4, -0.2) is 27.9 Å². The molecule has 2 N–H and O–H groups in total. The number of aliphatic hydroxyl groups excluding tert-OH is 1. The van der Waals surface area contributed by atoms with Crippen LogP contribution in [0.1, 0.15) is 97.5 Å². The van der Waals surface area contributed by atoms with E-state index in [2.05, 4.69) is 32.9 Å². The Kier molecular flexibility index (Phi) is 6.91. The molecule has 0 spiro atoms. The van der Waals surface area contributed by atoms with E-state index < -0.39 is 5.60 Å². The monoisotopic (exact) mass is 494 g/mol. The standard InChI is InChI=1S/C32H46O4/c1-21(33)36-26-11-7-9-22(18-26)8-5-6-10-23-19-24-20-25(34)12-15-30(24,2)27-13-16-31(3)28(29(23)27)14-17-32(31,4)35/h7,9,11,18,20,23,25,27-29,34-35H,5-6,8,10,12-17,19H2,1-4H3/t23?,25?,27-,28+,29-,30+,31+,32?/m1/s1. The summed E-state index contributed by atoms with van der Waals surface area (Å²) in [6.45, 7) is 8.41. The predicted molar refractivity (Wildman–Crippen MR) is 143 cm³/mol. The average Bonchev–Trinajstić information content (AvgIpc) is 3.06. The third kappa shape index (κ3) is 4.47. The van der Waals surface area contributed by atoms with Gasteiger partial charge in [-0.1, -0.05) is 44.1 Å². The molecule has 0 aliphatic heterocycles. The first-order valence-corrected chi connectivity index (χ1v) is 14.4. The molecular formula is C32H46O4. The molecule has 0 bridgehead atoms. The van der Waals surface area contributed by atoms with Gasteiger partial charge in [0.15, 0.2) is 0 Å². The van der Waals surface area contributed by atoms with Crippen molar-refractivity contribution < 1.29 is 19.7 Å². The predicted octanol–water partition coefficient (Wildman–Crippen LogP) is 6.63. The zero-order valence-electron chi connectivity index (χ0n) is 22.8. The minimum Gasteiger partial charge on any atom is -0.427 e. The molecule has 198 valence electrons. The van der Waals surface area contributed by atoms with Gasteiger partial charge in [0.25, 0.3) is 0 Å². The number of unbranched alkanes of at least 4 members (excludes halogenated alkanes) is 1. The molecule has 1 aromatic carbocycles. The summed E-state index contributed by atoms with van der Waals surface area (Å²) >= 11 is 0. The second kappa shape index (κ2) is 9.58. The van der Waals surface area contributed by atoms with Gasteiger partial charge < -0.3 is 14.9 Å². The molecule has 0 aromatic heterocycles. The largest absolute Gasteiger partial charge is 0.427 e. The number of aliphatic hydroxyl groups is 2. The van der Waals surface area contributed by atoms with Crippen molar-refractivity contribution in [3.8, 4) is 5.75 Å². The molecule has 0 radical (unpaired) electrons. The van der Waals surface area contributed by atoms with Gasteiger partial charge in [-0.25, -0.2) is 0 Å². The number of fused-ring (bicyclic) bond motifs is 5. The Bertz CT molecular complexity index is 1010. The maximum atomic E-state index is 11.4. The maximum absolute atomic E-state index is 11.4. The van der Waals surface area contributed by atoms with E-state index in [0.29, 0.717) is 29.4 Å². The molecular weight excluding hydrogens is 448 g/mol. The molecule has 0 amide bonds. The van der Waals surface area contributed by atoms with Crippen LogP contribution in [0, 0.1) is 34.5 Å². The highest BCUT2D eigenvalue weighted by molar-refractivity contribution is 5.69. The summed E-state index contributed by atoms with van der Waals surface area (Å²) in [5.74, 6) is 2.92. The lowest BCUT2D eigenvalue weighted by atomic mass is 9.44. The average molecular weight is 495 g/mol. The fraction of sp³-hybridized carbons (Fsp3) is 0.719. The summed E-state index contributed by atoms with van der Waals surface area (Å²) < 4.78 is 5.26. The van der Waals surface area contributed by atoms with Crippen molar-refractivity contribution in [2.45, 2.75) is 110 Å². The van der Waals surface area contributed by atoms with E-state index in [1.54, 1.807) is 0 Å². The van der Waals surface area contributed by atoms with E-state index in [0.717, 1.165) is 51.4 Å². The first-order chi connectivity index (χ1) is 17.0. The number of carbonyl (C=O) groups is 1. The molecule has 0 saturated heterocycles. The van der Waals surface area contributed by atoms with Crippen LogP contribution in [0.2, 0.25) is 0 Å². The van der Waals surface area contributed by atoms with E-state index in [1.165, 1.54) is 37.3 Å². The van der Waals surface area contributed by atoms with Gasteiger partial charge in [-0.05, 0) is 123 Å². The molecule has 8 atom stereocenters. The van der Waals surface area contributed by atoms with E-state index in [-0.39, 0.29) is 22.9 Å². The van der Waals surface area contributed by atoms with Gasteiger partial charge in [0.1, 0.15) is 5.75 Å². The number of benzene rings is 1. The molecule has 4 nitrogen and oxygen atoms in total. The van der Waals surface area contributed by atoms with Gasteiger partial charge in [0.05, 0.1) is 11.7 Å².